The van der Waals surface area contributed by atoms with E-state index in [1.165, 1.54) is 36.4 Å². The lowest BCUT2D eigenvalue weighted by atomic mass is 9.68. The number of hydrogen-bond acceptors (Lipinski definition) is 3. The van der Waals surface area contributed by atoms with Crippen molar-refractivity contribution < 1.29 is 0 Å². The van der Waals surface area contributed by atoms with Gasteiger partial charge in [-0.1, -0.05) is 34.1 Å². The van der Waals surface area contributed by atoms with Crippen LogP contribution in [0.5, 0.6) is 0 Å². The summed E-state index contributed by atoms with van der Waals surface area (Å²) in [6.45, 7) is 13.8. The first kappa shape index (κ1) is 16.0. The number of nitrogens with one attached hydrogen (secondary N) is 1. The maximum Gasteiger partial charge on any atom is 0.113 e. The fraction of sp³-hybridized carbons (Fsp3) is 0.824. The van der Waals surface area contributed by atoms with Gasteiger partial charge in [0, 0.05) is 11.4 Å². The zero-order chi connectivity index (χ0) is 15.0. The lowest BCUT2D eigenvalue weighted by Gasteiger charge is -2.45. The van der Waals surface area contributed by atoms with Crippen LogP contribution >= 0.6 is 11.3 Å². The smallest absolute Gasteiger partial charge is 0.113 e. The van der Waals surface area contributed by atoms with Crippen LogP contribution < -0.4 is 5.32 Å². The first-order valence-corrected chi connectivity index (χ1v) is 8.86. The fourth-order valence-electron chi connectivity index (χ4n) is 3.55. The largest absolute Gasteiger partial charge is 0.303 e. The van der Waals surface area contributed by atoms with Gasteiger partial charge in [0.2, 0.25) is 0 Å². The number of aromatic nitrogens is 1. The van der Waals surface area contributed by atoms with Crippen LogP contribution in [0.1, 0.15) is 83.8 Å². The molecule has 0 radical (unpaired) electrons. The Labute approximate surface area is 128 Å². The molecule has 0 aliphatic heterocycles. The van der Waals surface area contributed by atoms with Crippen molar-refractivity contribution in [3.63, 3.8) is 0 Å². The van der Waals surface area contributed by atoms with Gasteiger partial charge in [0.15, 0.2) is 0 Å². The highest BCUT2D eigenvalue weighted by Crippen LogP contribution is 2.47. The minimum Gasteiger partial charge on any atom is -0.303 e. The average molecular weight is 295 g/mol. The molecule has 1 N–H and O–H groups in total. The van der Waals surface area contributed by atoms with E-state index >= 15 is 0 Å². The highest BCUT2D eigenvalue weighted by molar-refractivity contribution is 7.09. The Morgan fingerprint density at radius 1 is 1.20 bits per heavy atom. The van der Waals surface area contributed by atoms with Crippen LogP contribution in [0, 0.1) is 5.41 Å². The molecule has 3 heteroatoms. The molecule has 1 atom stereocenters. The third-order valence-electron chi connectivity index (χ3n) is 4.33. The van der Waals surface area contributed by atoms with Crippen molar-refractivity contribution in [1.29, 1.82) is 0 Å². The van der Waals surface area contributed by atoms with E-state index in [1.807, 2.05) is 11.3 Å². The highest BCUT2D eigenvalue weighted by Gasteiger charge is 2.43. The molecule has 1 heterocycles. The molecule has 2 nitrogen and oxygen atoms in total. The van der Waals surface area contributed by atoms with Crippen molar-refractivity contribution in [2.45, 2.75) is 84.7 Å². The Balaban J connectivity index is 2.35. The Morgan fingerprint density at radius 2 is 1.90 bits per heavy atom. The second kappa shape index (κ2) is 5.76. The first-order valence-electron chi connectivity index (χ1n) is 7.98. The number of rotatable bonds is 4. The quantitative estimate of drug-likeness (QED) is 0.839. The standard InChI is InChI=1S/C17H30N2S/c1-12(2)14-10-20-15(18-14)17(19-13(3)4)9-7-8-16(5,6)11-17/h10,12-13,19H,7-9,11H2,1-6H3. The maximum absolute atomic E-state index is 4.98. The molecule has 1 aliphatic carbocycles. The van der Waals surface area contributed by atoms with Gasteiger partial charge in [0.1, 0.15) is 5.01 Å². The second-order valence-corrected chi connectivity index (χ2v) is 8.67. The lowest BCUT2D eigenvalue weighted by Crippen LogP contribution is -2.50. The average Bonchev–Trinajstić information content (AvgIpc) is 2.75. The summed E-state index contributed by atoms with van der Waals surface area (Å²) in [6, 6.07) is 0.496. The summed E-state index contributed by atoms with van der Waals surface area (Å²) in [6.07, 6.45) is 5.04. The van der Waals surface area contributed by atoms with E-state index in [-0.39, 0.29) is 5.54 Å². The van der Waals surface area contributed by atoms with E-state index < -0.39 is 0 Å². The fourth-order valence-corrected chi connectivity index (χ4v) is 4.73. The van der Waals surface area contributed by atoms with Crippen LogP contribution in [0.15, 0.2) is 5.38 Å². The molecular weight excluding hydrogens is 264 g/mol. The van der Waals surface area contributed by atoms with E-state index in [0.29, 0.717) is 17.4 Å². The molecule has 1 fully saturated rings. The Morgan fingerprint density at radius 3 is 2.40 bits per heavy atom. The maximum atomic E-state index is 4.98. The zero-order valence-electron chi connectivity index (χ0n) is 13.9. The van der Waals surface area contributed by atoms with Gasteiger partial charge in [0.05, 0.1) is 11.2 Å². The Kier molecular flexibility index (Phi) is 4.60. The summed E-state index contributed by atoms with van der Waals surface area (Å²) in [5.41, 5.74) is 1.75. The van der Waals surface area contributed by atoms with Crippen molar-refractivity contribution in [3.05, 3.63) is 16.1 Å². The van der Waals surface area contributed by atoms with Crippen LogP contribution in [-0.2, 0) is 5.54 Å². The van der Waals surface area contributed by atoms with E-state index in [1.54, 1.807) is 0 Å². The van der Waals surface area contributed by atoms with Crippen molar-refractivity contribution in [1.82, 2.24) is 10.3 Å². The normalized spacial score (nSPS) is 26.4. The summed E-state index contributed by atoms with van der Waals surface area (Å²) >= 11 is 1.85. The summed E-state index contributed by atoms with van der Waals surface area (Å²) < 4.78 is 0. The first-order chi connectivity index (χ1) is 9.24. The number of hydrogen-bond donors (Lipinski definition) is 1. The summed E-state index contributed by atoms with van der Waals surface area (Å²) in [5, 5.41) is 7.43. The SMILES string of the molecule is CC(C)NC1(c2nc(C(C)C)cs2)CCCC(C)(C)C1. The molecule has 1 saturated carbocycles. The lowest BCUT2D eigenvalue weighted by molar-refractivity contribution is 0.110. The highest BCUT2D eigenvalue weighted by atomic mass is 32.1. The molecule has 20 heavy (non-hydrogen) atoms. The van der Waals surface area contributed by atoms with Gasteiger partial charge < -0.3 is 5.32 Å². The molecule has 1 aliphatic rings. The third kappa shape index (κ3) is 3.43. The molecule has 0 bridgehead atoms. The molecular formula is C17H30N2S. The minimum atomic E-state index is 0.0910. The van der Waals surface area contributed by atoms with Crippen molar-refractivity contribution in [3.8, 4) is 0 Å². The second-order valence-electron chi connectivity index (χ2n) is 7.81. The Hall–Kier alpha value is -0.410. The van der Waals surface area contributed by atoms with E-state index in [2.05, 4.69) is 52.2 Å². The summed E-state index contributed by atoms with van der Waals surface area (Å²) in [5.74, 6) is 0.521. The molecule has 0 aromatic carbocycles. The molecule has 1 aromatic heterocycles. The van der Waals surface area contributed by atoms with Crippen molar-refractivity contribution in [2.24, 2.45) is 5.41 Å². The van der Waals surface area contributed by atoms with Gasteiger partial charge in [-0.3, -0.25) is 0 Å². The van der Waals surface area contributed by atoms with E-state index in [0.717, 1.165) is 0 Å². The third-order valence-corrected chi connectivity index (χ3v) is 5.39. The summed E-state index contributed by atoms with van der Waals surface area (Å²) in [4.78, 5) is 4.98. The van der Waals surface area contributed by atoms with Crippen molar-refractivity contribution >= 4 is 11.3 Å². The topological polar surface area (TPSA) is 24.9 Å². The molecule has 0 amide bonds. The van der Waals surface area contributed by atoms with Crippen LogP contribution in [0.4, 0.5) is 0 Å². The predicted molar refractivity (Wildman–Crippen MR) is 88.4 cm³/mol. The summed E-state index contributed by atoms with van der Waals surface area (Å²) in [7, 11) is 0. The molecule has 0 spiro atoms. The van der Waals surface area contributed by atoms with Crippen molar-refractivity contribution in [2.75, 3.05) is 0 Å². The van der Waals surface area contributed by atoms with Crippen LogP contribution in [0.3, 0.4) is 0 Å². The predicted octanol–water partition coefficient (Wildman–Crippen LogP) is 5.06. The van der Waals surface area contributed by atoms with Crippen LogP contribution in [0.2, 0.25) is 0 Å². The molecule has 2 rings (SSSR count). The zero-order valence-corrected chi connectivity index (χ0v) is 14.7. The van der Waals surface area contributed by atoms with Gasteiger partial charge in [-0.15, -0.1) is 11.3 Å². The van der Waals surface area contributed by atoms with Crippen LogP contribution in [-0.4, -0.2) is 11.0 Å². The van der Waals surface area contributed by atoms with Gasteiger partial charge >= 0.3 is 0 Å². The number of thiazole rings is 1. The van der Waals surface area contributed by atoms with Crippen LogP contribution in [0.25, 0.3) is 0 Å². The van der Waals surface area contributed by atoms with Gasteiger partial charge in [-0.25, -0.2) is 4.98 Å². The monoisotopic (exact) mass is 294 g/mol. The Bertz CT molecular complexity index is 448. The van der Waals surface area contributed by atoms with Gasteiger partial charge in [-0.2, -0.15) is 0 Å². The molecule has 0 saturated heterocycles. The van der Waals surface area contributed by atoms with Gasteiger partial charge in [-0.05, 0) is 44.4 Å². The molecule has 114 valence electrons. The molecule has 1 unspecified atom stereocenters. The van der Waals surface area contributed by atoms with E-state index in [4.69, 9.17) is 4.98 Å². The number of nitrogens with zero attached hydrogens (tertiary/aromatic N) is 1. The molecule has 1 aromatic rings. The van der Waals surface area contributed by atoms with E-state index in [9.17, 15) is 0 Å². The van der Waals surface area contributed by atoms with Gasteiger partial charge in [0.25, 0.3) is 0 Å². The minimum absolute atomic E-state index is 0.0910.